The Morgan fingerprint density at radius 2 is 1.65 bits per heavy atom. The van der Waals surface area contributed by atoms with Crippen LogP contribution in [0.25, 0.3) is 0 Å². The third-order valence-electron chi connectivity index (χ3n) is 3.03. The van der Waals surface area contributed by atoms with Gasteiger partial charge in [0.15, 0.2) is 6.61 Å². The lowest BCUT2D eigenvalue weighted by Crippen LogP contribution is -2.19. The largest absolute Gasteiger partial charge is 0.484 e. The SMILES string of the molecule is Cc1ccc(CC(=O)Nc2ccc(OCC(F)(F)F)cc2)cc1. The summed E-state index contributed by atoms with van der Waals surface area (Å²) in [5.41, 5.74) is 2.50. The Labute approximate surface area is 132 Å². The minimum Gasteiger partial charge on any atom is -0.484 e. The Bertz CT molecular complexity index is 649. The number of halogens is 3. The second kappa shape index (κ2) is 7.17. The van der Waals surface area contributed by atoms with Crippen LogP contribution in [0.15, 0.2) is 48.5 Å². The fourth-order valence-electron chi connectivity index (χ4n) is 1.90. The van der Waals surface area contributed by atoms with Gasteiger partial charge in [-0.25, -0.2) is 0 Å². The van der Waals surface area contributed by atoms with Crippen molar-refractivity contribution >= 4 is 11.6 Å². The van der Waals surface area contributed by atoms with E-state index in [1.807, 2.05) is 31.2 Å². The molecule has 2 aromatic carbocycles. The van der Waals surface area contributed by atoms with E-state index in [2.05, 4.69) is 10.1 Å². The molecule has 122 valence electrons. The number of hydrogen-bond donors (Lipinski definition) is 1. The van der Waals surface area contributed by atoms with E-state index in [1.165, 1.54) is 24.3 Å². The maximum atomic E-state index is 12.0. The minimum absolute atomic E-state index is 0.0962. The third-order valence-corrected chi connectivity index (χ3v) is 3.03. The summed E-state index contributed by atoms with van der Waals surface area (Å²) < 4.78 is 40.7. The summed E-state index contributed by atoms with van der Waals surface area (Å²) in [7, 11) is 0. The first kappa shape index (κ1) is 16.9. The maximum Gasteiger partial charge on any atom is 0.422 e. The predicted molar refractivity (Wildman–Crippen MR) is 81.5 cm³/mol. The van der Waals surface area contributed by atoms with Crippen LogP contribution in [0.3, 0.4) is 0 Å². The summed E-state index contributed by atoms with van der Waals surface area (Å²) in [5.74, 6) is -0.100. The maximum absolute atomic E-state index is 12.0. The molecule has 0 aliphatic carbocycles. The van der Waals surface area contributed by atoms with Gasteiger partial charge in [0.1, 0.15) is 5.75 Å². The number of carbonyl (C=O) groups is 1. The predicted octanol–water partition coefficient (Wildman–Crippen LogP) is 4.12. The zero-order chi connectivity index (χ0) is 16.9. The van der Waals surface area contributed by atoms with Crippen molar-refractivity contribution in [3.8, 4) is 5.75 Å². The summed E-state index contributed by atoms with van der Waals surface area (Å²) in [5, 5.41) is 2.69. The fraction of sp³-hybridized carbons (Fsp3) is 0.235. The highest BCUT2D eigenvalue weighted by molar-refractivity contribution is 5.92. The van der Waals surface area contributed by atoms with Crippen molar-refractivity contribution in [2.24, 2.45) is 0 Å². The summed E-state index contributed by atoms with van der Waals surface area (Å²) in [6, 6.07) is 13.4. The first-order valence-corrected chi connectivity index (χ1v) is 6.97. The molecule has 1 amide bonds. The van der Waals surface area contributed by atoms with Gasteiger partial charge in [0, 0.05) is 5.69 Å². The first-order chi connectivity index (χ1) is 10.8. The Hall–Kier alpha value is -2.50. The van der Waals surface area contributed by atoms with Crippen molar-refractivity contribution in [1.82, 2.24) is 0 Å². The molecule has 6 heteroatoms. The lowest BCUT2D eigenvalue weighted by atomic mass is 10.1. The monoisotopic (exact) mass is 323 g/mol. The van der Waals surface area contributed by atoms with Crippen LogP contribution >= 0.6 is 0 Å². The van der Waals surface area contributed by atoms with Gasteiger partial charge in [-0.2, -0.15) is 13.2 Å². The molecular formula is C17H16F3NO2. The van der Waals surface area contributed by atoms with Crippen LogP contribution in [-0.4, -0.2) is 18.7 Å². The molecule has 0 aliphatic rings. The first-order valence-electron chi connectivity index (χ1n) is 6.97. The van der Waals surface area contributed by atoms with Crippen LogP contribution in [0.5, 0.6) is 5.75 Å². The number of carbonyl (C=O) groups excluding carboxylic acids is 1. The van der Waals surface area contributed by atoms with Crippen molar-refractivity contribution in [2.75, 3.05) is 11.9 Å². The van der Waals surface area contributed by atoms with Gasteiger partial charge in [-0.1, -0.05) is 29.8 Å². The molecule has 0 bridgehead atoms. The Balaban J connectivity index is 1.87. The normalized spacial score (nSPS) is 11.1. The second-order valence-corrected chi connectivity index (χ2v) is 5.14. The molecule has 0 aliphatic heterocycles. The van der Waals surface area contributed by atoms with Gasteiger partial charge in [-0.15, -0.1) is 0 Å². The van der Waals surface area contributed by atoms with Crippen molar-refractivity contribution in [1.29, 1.82) is 0 Å². The van der Waals surface area contributed by atoms with Gasteiger partial charge in [0.05, 0.1) is 6.42 Å². The van der Waals surface area contributed by atoms with E-state index in [0.29, 0.717) is 5.69 Å². The number of anilines is 1. The van der Waals surface area contributed by atoms with E-state index in [-0.39, 0.29) is 18.1 Å². The molecule has 0 atom stereocenters. The summed E-state index contributed by atoms with van der Waals surface area (Å²) >= 11 is 0. The molecule has 0 heterocycles. The molecule has 1 N–H and O–H groups in total. The molecule has 2 aromatic rings. The van der Waals surface area contributed by atoms with Gasteiger partial charge in [0.25, 0.3) is 0 Å². The van der Waals surface area contributed by atoms with Crippen molar-refractivity contribution in [3.63, 3.8) is 0 Å². The van der Waals surface area contributed by atoms with Crippen LogP contribution in [0.4, 0.5) is 18.9 Å². The zero-order valence-electron chi connectivity index (χ0n) is 12.5. The second-order valence-electron chi connectivity index (χ2n) is 5.14. The van der Waals surface area contributed by atoms with Crippen LogP contribution in [0.1, 0.15) is 11.1 Å². The lowest BCUT2D eigenvalue weighted by molar-refractivity contribution is -0.153. The fourth-order valence-corrected chi connectivity index (χ4v) is 1.90. The van der Waals surface area contributed by atoms with Crippen LogP contribution in [0.2, 0.25) is 0 Å². The highest BCUT2D eigenvalue weighted by Crippen LogP contribution is 2.20. The topological polar surface area (TPSA) is 38.3 Å². The minimum atomic E-state index is -4.37. The number of hydrogen-bond acceptors (Lipinski definition) is 2. The molecule has 0 saturated carbocycles. The van der Waals surface area contributed by atoms with Crippen molar-refractivity contribution < 1.29 is 22.7 Å². The van der Waals surface area contributed by atoms with E-state index in [1.54, 1.807) is 0 Å². The molecular weight excluding hydrogens is 307 g/mol. The molecule has 0 fully saturated rings. The van der Waals surface area contributed by atoms with Gasteiger partial charge in [-0.05, 0) is 36.8 Å². The Kier molecular flexibility index (Phi) is 5.26. The van der Waals surface area contributed by atoms with Crippen LogP contribution < -0.4 is 10.1 Å². The molecule has 0 spiro atoms. The van der Waals surface area contributed by atoms with Gasteiger partial charge in [-0.3, -0.25) is 4.79 Å². The summed E-state index contributed by atoms with van der Waals surface area (Å²) in [4.78, 5) is 11.9. The van der Waals surface area contributed by atoms with Gasteiger partial charge < -0.3 is 10.1 Å². The van der Waals surface area contributed by atoms with E-state index < -0.39 is 12.8 Å². The van der Waals surface area contributed by atoms with E-state index >= 15 is 0 Å². The average Bonchev–Trinajstić information content (AvgIpc) is 2.48. The van der Waals surface area contributed by atoms with E-state index in [0.717, 1.165) is 11.1 Å². The molecule has 2 rings (SSSR count). The summed E-state index contributed by atoms with van der Waals surface area (Å²) in [6.07, 6.45) is -4.15. The average molecular weight is 323 g/mol. The molecule has 23 heavy (non-hydrogen) atoms. The highest BCUT2D eigenvalue weighted by atomic mass is 19.4. The number of benzene rings is 2. The number of amides is 1. The van der Waals surface area contributed by atoms with Crippen molar-refractivity contribution in [3.05, 3.63) is 59.7 Å². The molecule has 3 nitrogen and oxygen atoms in total. The third kappa shape index (κ3) is 6.02. The highest BCUT2D eigenvalue weighted by Gasteiger charge is 2.28. The van der Waals surface area contributed by atoms with E-state index in [4.69, 9.17) is 0 Å². The smallest absolute Gasteiger partial charge is 0.422 e. The number of alkyl halides is 3. The quantitative estimate of drug-likeness (QED) is 0.899. The lowest BCUT2D eigenvalue weighted by Gasteiger charge is -2.10. The van der Waals surface area contributed by atoms with Crippen LogP contribution in [-0.2, 0) is 11.2 Å². The molecule has 0 aromatic heterocycles. The van der Waals surface area contributed by atoms with E-state index in [9.17, 15) is 18.0 Å². The number of rotatable bonds is 5. The van der Waals surface area contributed by atoms with Gasteiger partial charge >= 0.3 is 6.18 Å². The summed E-state index contributed by atoms with van der Waals surface area (Å²) in [6.45, 7) is 0.623. The number of ether oxygens (including phenoxy) is 1. The zero-order valence-corrected chi connectivity index (χ0v) is 12.5. The Morgan fingerprint density at radius 3 is 2.22 bits per heavy atom. The number of aryl methyl sites for hydroxylation is 1. The number of nitrogens with one attached hydrogen (secondary N) is 1. The standard InChI is InChI=1S/C17H16F3NO2/c1-12-2-4-13(5-3-12)10-16(22)21-14-6-8-15(9-7-14)23-11-17(18,19)20/h2-9H,10-11H2,1H3,(H,21,22). The molecule has 0 radical (unpaired) electrons. The van der Waals surface area contributed by atoms with Crippen LogP contribution in [0, 0.1) is 6.92 Å². The molecule has 0 unspecified atom stereocenters. The Morgan fingerprint density at radius 1 is 1.04 bits per heavy atom. The van der Waals surface area contributed by atoms with Gasteiger partial charge in [0.2, 0.25) is 5.91 Å². The van der Waals surface area contributed by atoms with Crippen molar-refractivity contribution in [2.45, 2.75) is 19.5 Å². The molecule has 0 saturated heterocycles.